The molecule has 1 fully saturated rings. The fraction of sp³-hybridized carbons (Fsp3) is 0.385. The second-order valence-electron chi connectivity index (χ2n) is 4.33. The van der Waals surface area contributed by atoms with Crippen molar-refractivity contribution in [3.63, 3.8) is 0 Å². The number of benzene rings is 1. The van der Waals surface area contributed by atoms with Crippen molar-refractivity contribution in [1.82, 2.24) is 10.2 Å². The van der Waals surface area contributed by atoms with Crippen LogP contribution in [0.25, 0.3) is 0 Å². The Labute approximate surface area is 116 Å². The summed E-state index contributed by atoms with van der Waals surface area (Å²) in [5.41, 5.74) is 0. The van der Waals surface area contributed by atoms with E-state index in [-0.39, 0.29) is 18.4 Å². The minimum absolute atomic E-state index is 0.0854. The van der Waals surface area contributed by atoms with Crippen LogP contribution in [0.5, 0.6) is 5.75 Å². The fourth-order valence-electron chi connectivity index (χ4n) is 1.88. The highest BCUT2D eigenvalue weighted by atomic mass is 35.5. The van der Waals surface area contributed by atoms with Crippen molar-refractivity contribution < 1.29 is 14.3 Å². The van der Waals surface area contributed by atoms with Crippen LogP contribution in [-0.2, 0) is 9.59 Å². The number of carbonyl (C=O) groups is 2. The SMILES string of the molecule is C[C@H](Oc1cccc(Cl)c1)C(=O)N1CCNC(=O)C1. The molecule has 102 valence electrons. The highest BCUT2D eigenvalue weighted by molar-refractivity contribution is 6.30. The first kappa shape index (κ1) is 13.7. The van der Waals surface area contributed by atoms with Crippen LogP contribution in [0.15, 0.2) is 24.3 Å². The van der Waals surface area contributed by atoms with Gasteiger partial charge in [-0.3, -0.25) is 9.59 Å². The highest BCUT2D eigenvalue weighted by Gasteiger charge is 2.26. The third-order valence-corrected chi connectivity index (χ3v) is 3.04. The molecule has 2 rings (SSSR count). The van der Waals surface area contributed by atoms with Crippen LogP contribution in [0.3, 0.4) is 0 Å². The Morgan fingerprint density at radius 3 is 3.00 bits per heavy atom. The molecule has 6 heteroatoms. The van der Waals surface area contributed by atoms with Crippen molar-refractivity contribution in [2.24, 2.45) is 0 Å². The predicted octanol–water partition coefficient (Wildman–Crippen LogP) is 1.07. The highest BCUT2D eigenvalue weighted by Crippen LogP contribution is 2.18. The van der Waals surface area contributed by atoms with E-state index in [9.17, 15) is 9.59 Å². The van der Waals surface area contributed by atoms with Gasteiger partial charge in [-0.15, -0.1) is 0 Å². The predicted molar refractivity (Wildman–Crippen MR) is 71.1 cm³/mol. The van der Waals surface area contributed by atoms with Crippen molar-refractivity contribution in [3.05, 3.63) is 29.3 Å². The maximum absolute atomic E-state index is 12.1. The van der Waals surface area contributed by atoms with Crippen molar-refractivity contribution in [2.75, 3.05) is 19.6 Å². The van der Waals surface area contributed by atoms with Crippen LogP contribution < -0.4 is 10.1 Å². The van der Waals surface area contributed by atoms with Gasteiger partial charge in [0.2, 0.25) is 5.91 Å². The second-order valence-corrected chi connectivity index (χ2v) is 4.76. The molecule has 1 N–H and O–H groups in total. The Morgan fingerprint density at radius 2 is 2.32 bits per heavy atom. The molecule has 1 heterocycles. The molecule has 1 aromatic rings. The van der Waals surface area contributed by atoms with Crippen molar-refractivity contribution >= 4 is 23.4 Å². The smallest absolute Gasteiger partial charge is 0.263 e. The summed E-state index contributed by atoms with van der Waals surface area (Å²) in [6, 6.07) is 6.87. The minimum atomic E-state index is -0.649. The molecule has 2 amide bonds. The molecule has 1 saturated heterocycles. The molecular weight excluding hydrogens is 268 g/mol. The second kappa shape index (κ2) is 5.93. The molecule has 19 heavy (non-hydrogen) atoms. The number of carbonyl (C=O) groups excluding carboxylic acids is 2. The van der Waals surface area contributed by atoms with Gasteiger partial charge in [0, 0.05) is 18.1 Å². The third-order valence-electron chi connectivity index (χ3n) is 2.81. The molecule has 0 bridgehead atoms. The topological polar surface area (TPSA) is 58.6 Å². The van der Waals surface area contributed by atoms with E-state index in [4.69, 9.17) is 16.3 Å². The summed E-state index contributed by atoms with van der Waals surface area (Å²) >= 11 is 5.85. The van der Waals surface area contributed by atoms with E-state index in [2.05, 4.69) is 5.32 Å². The van der Waals surface area contributed by atoms with Gasteiger partial charge in [0.15, 0.2) is 6.10 Å². The lowest BCUT2D eigenvalue weighted by Gasteiger charge is -2.29. The molecule has 0 aliphatic carbocycles. The van der Waals surface area contributed by atoms with E-state index in [1.165, 1.54) is 4.90 Å². The number of nitrogens with zero attached hydrogens (tertiary/aromatic N) is 1. The molecule has 1 atom stereocenters. The molecule has 5 nitrogen and oxygen atoms in total. The van der Waals surface area contributed by atoms with Crippen LogP contribution in [-0.4, -0.2) is 42.5 Å². The number of nitrogens with one attached hydrogen (secondary N) is 1. The average molecular weight is 283 g/mol. The average Bonchev–Trinajstić information content (AvgIpc) is 2.38. The van der Waals surface area contributed by atoms with Gasteiger partial charge in [-0.25, -0.2) is 0 Å². The Balaban J connectivity index is 1.97. The van der Waals surface area contributed by atoms with Crippen molar-refractivity contribution in [2.45, 2.75) is 13.0 Å². The maximum atomic E-state index is 12.1. The third kappa shape index (κ3) is 3.61. The summed E-state index contributed by atoms with van der Waals surface area (Å²) in [4.78, 5) is 24.9. The van der Waals surface area contributed by atoms with E-state index in [0.717, 1.165) is 0 Å². The Hall–Kier alpha value is -1.75. The first-order valence-electron chi connectivity index (χ1n) is 6.04. The van der Waals surface area contributed by atoms with Crippen LogP contribution in [0, 0.1) is 0 Å². The molecule has 1 aromatic carbocycles. The van der Waals surface area contributed by atoms with Gasteiger partial charge < -0.3 is 15.0 Å². The molecule has 0 spiro atoms. The van der Waals surface area contributed by atoms with Gasteiger partial charge in [0.25, 0.3) is 5.91 Å². The lowest BCUT2D eigenvalue weighted by Crippen LogP contribution is -2.53. The van der Waals surface area contributed by atoms with Crippen LogP contribution in [0.4, 0.5) is 0 Å². The van der Waals surface area contributed by atoms with Crippen LogP contribution in [0.1, 0.15) is 6.92 Å². The summed E-state index contributed by atoms with van der Waals surface area (Å²) in [7, 11) is 0. The minimum Gasteiger partial charge on any atom is -0.481 e. The molecule has 0 saturated carbocycles. The standard InChI is InChI=1S/C13H15ClN2O3/c1-9(19-11-4-2-3-10(14)7-11)13(18)16-6-5-15-12(17)8-16/h2-4,7,9H,5-6,8H2,1H3,(H,15,17)/t9-/m0/s1. The summed E-state index contributed by atoms with van der Waals surface area (Å²) in [5.74, 6) is 0.194. The zero-order valence-electron chi connectivity index (χ0n) is 10.6. The van der Waals surface area contributed by atoms with Crippen LogP contribution in [0.2, 0.25) is 5.02 Å². The van der Waals surface area contributed by atoms with E-state index in [1.54, 1.807) is 31.2 Å². The van der Waals surface area contributed by atoms with Gasteiger partial charge in [0.05, 0.1) is 6.54 Å². The lowest BCUT2D eigenvalue weighted by atomic mass is 10.2. The van der Waals surface area contributed by atoms with E-state index >= 15 is 0 Å². The molecule has 1 aliphatic rings. The number of ether oxygens (including phenoxy) is 1. The Kier molecular flexibility index (Phi) is 4.27. The summed E-state index contributed by atoms with van der Waals surface area (Å²) in [6.45, 7) is 2.74. The molecule has 0 unspecified atom stereocenters. The first-order valence-corrected chi connectivity index (χ1v) is 6.42. The first-order chi connectivity index (χ1) is 9.06. The molecule has 0 aromatic heterocycles. The van der Waals surface area contributed by atoms with Gasteiger partial charge >= 0.3 is 0 Å². The monoisotopic (exact) mass is 282 g/mol. The summed E-state index contributed by atoms with van der Waals surface area (Å²) in [5, 5.41) is 3.22. The number of amides is 2. The van der Waals surface area contributed by atoms with Gasteiger partial charge in [-0.05, 0) is 25.1 Å². The van der Waals surface area contributed by atoms with Gasteiger partial charge in [-0.1, -0.05) is 17.7 Å². The fourth-order valence-corrected chi connectivity index (χ4v) is 2.06. The van der Waals surface area contributed by atoms with Gasteiger partial charge in [-0.2, -0.15) is 0 Å². The number of hydrogen-bond donors (Lipinski definition) is 1. The maximum Gasteiger partial charge on any atom is 0.263 e. The van der Waals surface area contributed by atoms with E-state index in [0.29, 0.717) is 23.9 Å². The van der Waals surface area contributed by atoms with E-state index in [1.807, 2.05) is 0 Å². The van der Waals surface area contributed by atoms with Crippen molar-refractivity contribution in [3.8, 4) is 5.75 Å². The van der Waals surface area contributed by atoms with Crippen LogP contribution >= 0.6 is 11.6 Å². The lowest BCUT2D eigenvalue weighted by molar-refractivity contribution is -0.143. The Bertz CT molecular complexity index is 493. The van der Waals surface area contributed by atoms with Crippen molar-refractivity contribution in [1.29, 1.82) is 0 Å². The quantitative estimate of drug-likeness (QED) is 0.902. The molecule has 0 radical (unpaired) electrons. The zero-order valence-corrected chi connectivity index (χ0v) is 11.3. The molecular formula is C13H15ClN2O3. The summed E-state index contributed by atoms with van der Waals surface area (Å²) in [6.07, 6.45) is -0.649. The largest absolute Gasteiger partial charge is 0.481 e. The number of piperazine rings is 1. The summed E-state index contributed by atoms with van der Waals surface area (Å²) < 4.78 is 5.54. The van der Waals surface area contributed by atoms with Gasteiger partial charge in [0.1, 0.15) is 5.75 Å². The number of hydrogen-bond acceptors (Lipinski definition) is 3. The molecule has 1 aliphatic heterocycles. The number of halogens is 1. The number of rotatable bonds is 3. The normalized spacial score (nSPS) is 16.7. The Morgan fingerprint density at radius 1 is 1.53 bits per heavy atom. The zero-order chi connectivity index (χ0) is 13.8. The van der Waals surface area contributed by atoms with E-state index < -0.39 is 6.10 Å².